The lowest BCUT2D eigenvalue weighted by Crippen LogP contribution is -2.18. The van der Waals surface area contributed by atoms with Crippen LogP contribution in [0.2, 0.25) is 0 Å². The van der Waals surface area contributed by atoms with Gasteiger partial charge in [0, 0.05) is 18.5 Å². The van der Waals surface area contributed by atoms with E-state index in [1.807, 2.05) is 30.3 Å². The Morgan fingerprint density at radius 3 is 2.50 bits per heavy atom. The highest BCUT2D eigenvalue weighted by Gasteiger charge is 2.40. The van der Waals surface area contributed by atoms with Crippen molar-refractivity contribution in [2.45, 2.75) is 44.9 Å². The van der Waals surface area contributed by atoms with Gasteiger partial charge in [-0.05, 0) is 33.3 Å². The molecule has 196 valence electrons. The number of fused-ring (bicyclic) bond motifs is 1. The largest absolute Gasteiger partial charge is 0.449 e. The molecule has 38 heavy (non-hydrogen) atoms. The van der Waals surface area contributed by atoms with Gasteiger partial charge in [0.15, 0.2) is 0 Å². The maximum absolute atomic E-state index is 12.1. The standard InChI is InChI=1S/C26H27N7O5/c1-25(2,36)23-32-21(38-33-23)15-11-27-19(10-17(15)29-18(13-34)14-8-6-5-7-9-14)30-24-28-12-16-20(31-24)26(3,4)37-22(16)35/h5-12,18,34,36H,13H2,1-4H3,(H2,27,28,29,30,31)/t18-/m1/s1. The summed E-state index contributed by atoms with van der Waals surface area (Å²) in [5.74, 6) is 0.399. The van der Waals surface area contributed by atoms with Crippen molar-refractivity contribution in [3.63, 3.8) is 0 Å². The van der Waals surface area contributed by atoms with Gasteiger partial charge < -0.3 is 30.1 Å². The maximum atomic E-state index is 12.1. The summed E-state index contributed by atoms with van der Waals surface area (Å²) in [6, 6.07) is 10.7. The number of carbonyl (C=O) groups is 1. The second-order valence-corrected chi connectivity index (χ2v) is 9.87. The summed E-state index contributed by atoms with van der Waals surface area (Å²) >= 11 is 0. The molecule has 0 saturated carbocycles. The van der Waals surface area contributed by atoms with Crippen LogP contribution >= 0.6 is 0 Å². The molecule has 4 heterocycles. The molecule has 1 aliphatic heterocycles. The highest BCUT2D eigenvalue weighted by molar-refractivity contribution is 5.93. The van der Waals surface area contributed by atoms with E-state index < -0.39 is 23.2 Å². The van der Waals surface area contributed by atoms with E-state index in [0.29, 0.717) is 28.3 Å². The van der Waals surface area contributed by atoms with Crippen molar-refractivity contribution < 1.29 is 24.3 Å². The third-order valence-electron chi connectivity index (χ3n) is 5.99. The minimum Gasteiger partial charge on any atom is -0.449 e. The Morgan fingerprint density at radius 2 is 1.82 bits per heavy atom. The predicted octanol–water partition coefficient (Wildman–Crippen LogP) is 3.44. The normalized spacial score (nSPS) is 15.1. The first kappa shape index (κ1) is 25.2. The van der Waals surface area contributed by atoms with E-state index in [9.17, 15) is 15.0 Å². The SMILES string of the molecule is CC(C)(O)c1noc(-c2cnc(Nc3ncc4c(n3)C(C)(C)OC4=O)cc2N[C@H](CO)c2ccccc2)n1. The fourth-order valence-corrected chi connectivity index (χ4v) is 4.00. The number of ether oxygens (including phenoxy) is 1. The van der Waals surface area contributed by atoms with Crippen LogP contribution in [0.25, 0.3) is 11.5 Å². The van der Waals surface area contributed by atoms with E-state index in [2.05, 4.69) is 35.7 Å². The first-order chi connectivity index (χ1) is 18.0. The zero-order chi connectivity index (χ0) is 27.1. The number of aliphatic hydroxyl groups is 2. The van der Waals surface area contributed by atoms with E-state index in [0.717, 1.165) is 5.56 Å². The maximum Gasteiger partial charge on any atom is 0.342 e. The number of cyclic esters (lactones) is 1. The monoisotopic (exact) mass is 517 g/mol. The molecule has 3 aromatic heterocycles. The number of pyridine rings is 1. The number of rotatable bonds is 8. The quantitative estimate of drug-likeness (QED) is 0.252. The first-order valence-corrected chi connectivity index (χ1v) is 11.9. The van der Waals surface area contributed by atoms with Crippen LogP contribution in [0, 0.1) is 0 Å². The zero-order valence-electron chi connectivity index (χ0n) is 21.3. The van der Waals surface area contributed by atoms with Gasteiger partial charge in [-0.15, -0.1) is 0 Å². The van der Waals surface area contributed by atoms with Gasteiger partial charge in [0.2, 0.25) is 11.8 Å². The topological polar surface area (TPSA) is 168 Å². The highest BCUT2D eigenvalue weighted by atomic mass is 16.6. The fourth-order valence-electron chi connectivity index (χ4n) is 4.00. The minimum absolute atomic E-state index is 0.119. The third-order valence-corrected chi connectivity index (χ3v) is 5.99. The van der Waals surface area contributed by atoms with E-state index in [-0.39, 0.29) is 24.3 Å². The summed E-state index contributed by atoms with van der Waals surface area (Å²) < 4.78 is 10.8. The number of carbonyl (C=O) groups excluding carboxylic acids is 1. The Morgan fingerprint density at radius 1 is 1.08 bits per heavy atom. The van der Waals surface area contributed by atoms with Crippen molar-refractivity contribution >= 4 is 23.4 Å². The molecular formula is C26H27N7O5. The summed E-state index contributed by atoms with van der Waals surface area (Å²) in [6.07, 6.45) is 2.94. The average Bonchev–Trinajstić information content (AvgIpc) is 3.46. The number of nitrogens with zero attached hydrogens (tertiary/aromatic N) is 5. The summed E-state index contributed by atoms with van der Waals surface area (Å²) in [6.45, 7) is 6.44. The average molecular weight is 518 g/mol. The van der Waals surface area contributed by atoms with Crippen LogP contribution in [0.1, 0.15) is 61.2 Å². The van der Waals surface area contributed by atoms with Crippen molar-refractivity contribution in [3.05, 3.63) is 71.4 Å². The smallest absolute Gasteiger partial charge is 0.342 e. The van der Waals surface area contributed by atoms with Crippen LogP contribution in [0.5, 0.6) is 0 Å². The van der Waals surface area contributed by atoms with Gasteiger partial charge in [-0.2, -0.15) is 4.98 Å². The Hall–Kier alpha value is -4.42. The number of aromatic nitrogens is 5. The molecule has 0 bridgehead atoms. The molecule has 0 unspecified atom stereocenters. The molecule has 0 radical (unpaired) electrons. The van der Waals surface area contributed by atoms with Gasteiger partial charge in [-0.3, -0.25) is 0 Å². The molecule has 0 spiro atoms. The van der Waals surface area contributed by atoms with Crippen LogP contribution in [-0.4, -0.2) is 47.9 Å². The number of aliphatic hydroxyl groups excluding tert-OH is 1. The van der Waals surface area contributed by atoms with E-state index in [1.54, 1.807) is 33.8 Å². The number of nitrogens with one attached hydrogen (secondary N) is 2. The molecule has 4 N–H and O–H groups in total. The number of hydrogen-bond acceptors (Lipinski definition) is 12. The second-order valence-electron chi connectivity index (χ2n) is 9.87. The van der Waals surface area contributed by atoms with E-state index >= 15 is 0 Å². The van der Waals surface area contributed by atoms with Crippen molar-refractivity contribution in [1.29, 1.82) is 0 Å². The summed E-state index contributed by atoms with van der Waals surface area (Å²) in [5.41, 5.74) is 0.466. The number of anilines is 3. The van der Waals surface area contributed by atoms with Crippen molar-refractivity contribution in [1.82, 2.24) is 25.1 Å². The highest BCUT2D eigenvalue weighted by Crippen LogP contribution is 2.36. The molecule has 12 nitrogen and oxygen atoms in total. The molecule has 1 aliphatic rings. The van der Waals surface area contributed by atoms with Crippen LogP contribution in [0.15, 0.2) is 53.3 Å². The number of benzene rings is 1. The van der Waals surface area contributed by atoms with E-state index in [1.165, 1.54) is 12.4 Å². The molecule has 5 rings (SSSR count). The van der Waals surface area contributed by atoms with Crippen LogP contribution in [0.3, 0.4) is 0 Å². The summed E-state index contributed by atoms with van der Waals surface area (Å²) in [4.78, 5) is 29.6. The summed E-state index contributed by atoms with van der Waals surface area (Å²) in [5, 5.41) is 30.7. The second kappa shape index (κ2) is 9.47. The molecule has 0 amide bonds. The van der Waals surface area contributed by atoms with Gasteiger partial charge >= 0.3 is 5.97 Å². The van der Waals surface area contributed by atoms with Crippen molar-refractivity contribution in [3.8, 4) is 11.5 Å². The van der Waals surface area contributed by atoms with Crippen LogP contribution < -0.4 is 10.6 Å². The molecule has 0 fully saturated rings. The lowest BCUT2D eigenvalue weighted by Gasteiger charge is -2.20. The van der Waals surface area contributed by atoms with Crippen molar-refractivity contribution in [2.75, 3.05) is 17.2 Å². The lowest BCUT2D eigenvalue weighted by molar-refractivity contribution is 0.00833. The predicted molar refractivity (Wildman–Crippen MR) is 136 cm³/mol. The van der Waals surface area contributed by atoms with Gasteiger partial charge in [0.1, 0.15) is 28.3 Å². The Kier molecular flexibility index (Phi) is 6.29. The molecule has 12 heteroatoms. The molecule has 1 aromatic carbocycles. The Bertz CT molecular complexity index is 1480. The summed E-state index contributed by atoms with van der Waals surface area (Å²) in [7, 11) is 0. The third kappa shape index (κ3) is 4.91. The number of hydrogen-bond donors (Lipinski definition) is 4. The molecule has 4 aromatic rings. The van der Waals surface area contributed by atoms with E-state index in [4.69, 9.17) is 9.26 Å². The van der Waals surface area contributed by atoms with Gasteiger partial charge in [0.05, 0.1) is 23.9 Å². The van der Waals surface area contributed by atoms with Gasteiger partial charge in [-0.25, -0.2) is 19.7 Å². The molecular weight excluding hydrogens is 490 g/mol. The van der Waals surface area contributed by atoms with Gasteiger partial charge in [-0.1, -0.05) is 35.5 Å². The molecule has 1 atom stereocenters. The molecule has 0 aliphatic carbocycles. The van der Waals surface area contributed by atoms with Crippen LogP contribution in [0.4, 0.5) is 17.5 Å². The lowest BCUT2D eigenvalue weighted by atomic mass is 10.0. The van der Waals surface area contributed by atoms with Crippen LogP contribution in [-0.2, 0) is 15.9 Å². The first-order valence-electron chi connectivity index (χ1n) is 11.9. The number of esters is 1. The fraction of sp³-hybridized carbons (Fsp3) is 0.308. The van der Waals surface area contributed by atoms with Gasteiger partial charge in [0.25, 0.3) is 5.89 Å². The Labute approximate surface area is 218 Å². The molecule has 0 saturated heterocycles. The minimum atomic E-state index is -1.30. The van der Waals surface area contributed by atoms with Crippen molar-refractivity contribution in [2.24, 2.45) is 0 Å². The Balaban J connectivity index is 1.52. The zero-order valence-corrected chi connectivity index (χ0v) is 21.3.